The summed E-state index contributed by atoms with van der Waals surface area (Å²) in [5, 5.41) is 3.71. The maximum Gasteiger partial charge on any atom is 0.204 e. The van der Waals surface area contributed by atoms with Gasteiger partial charge in [0.1, 0.15) is 5.76 Å². The van der Waals surface area contributed by atoms with Gasteiger partial charge in [0.05, 0.1) is 23.8 Å². The van der Waals surface area contributed by atoms with Crippen LogP contribution in [0.4, 0.5) is 5.95 Å². The Kier molecular flexibility index (Phi) is 5.67. The number of para-hydroxylation sites is 2. The van der Waals surface area contributed by atoms with E-state index in [1.165, 1.54) is 5.69 Å². The quantitative estimate of drug-likeness (QED) is 0.493. The molecule has 1 aromatic carbocycles. The lowest BCUT2D eigenvalue weighted by Gasteiger charge is -2.32. The number of benzene rings is 1. The Morgan fingerprint density at radius 1 is 1.06 bits per heavy atom. The Balaban J connectivity index is 1.24. The fourth-order valence-corrected chi connectivity index (χ4v) is 4.28. The number of pyridine rings is 1. The number of hydrogen-bond donors (Lipinski definition) is 1. The predicted molar refractivity (Wildman–Crippen MR) is 121 cm³/mol. The SMILES string of the molecule is Cc1ncc(Cn2c(NC3CCN(CCc4ccccn4)CC3)nc3ccccc32)o1. The van der Waals surface area contributed by atoms with Gasteiger partial charge in [-0.05, 0) is 37.1 Å². The van der Waals surface area contributed by atoms with E-state index in [0.717, 1.165) is 61.6 Å². The van der Waals surface area contributed by atoms with E-state index in [4.69, 9.17) is 9.40 Å². The van der Waals surface area contributed by atoms with Gasteiger partial charge in [-0.15, -0.1) is 0 Å². The summed E-state index contributed by atoms with van der Waals surface area (Å²) in [6.07, 6.45) is 6.89. The summed E-state index contributed by atoms with van der Waals surface area (Å²) >= 11 is 0. The van der Waals surface area contributed by atoms with E-state index in [-0.39, 0.29) is 0 Å². The van der Waals surface area contributed by atoms with Crippen LogP contribution in [-0.4, -0.2) is 50.1 Å². The summed E-state index contributed by atoms with van der Waals surface area (Å²) < 4.78 is 7.93. The van der Waals surface area contributed by atoms with Gasteiger partial charge in [-0.3, -0.25) is 4.98 Å². The summed E-state index contributed by atoms with van der Waals surface area (Å²) in [7, 11) is 0. The molecule has 0 bridgehead atoms. The summed E-state index contributed by atoms with van der Waals surface area (Å²) in [6, 6.07) is 14.8. The molecule has 0 amide bonds. The molecule has 1 N–H and O–H groups in total. The van der Waals surface area contributed by atoms with Gasteiger partial charge in [0.25, 0.3) is 0 Å². The van der Waals surface area contributed by atoms with Crippen molar-refractivity contribution in [3.63, 3.8) is 0 Å². The number of likely N-dealkylation sites (tertiary alicyclic amines) is 1. The van der Waals surface area contributed by atoms with E-state index in [1.54, 1.807) is 6.20 Å². The molecule has 1 aliphatic rings. The first kappa shape index (κ1) is 19.8. The van der Waals surface area contributed by atoms with Crippen LogP contribution in [0, 0.1) is 6.92 Å². The number of rotatable bonds is 7. The average molecular weight is 417 g/mol. The Bertz CT molecular complexity index is 1130. The van der Waals surface area contributed by atoms with Crippen LogP contribution in [0.25, 0.3) is 11.0 Å². The number of nitrogens with one attached hydrogen (secondary N) is 1. The molecule has 31 heavy (non-hydrogen) atoms. The molecule has 7 nitrogen and oxygen atoms in total. The van der Waals surface area contributed by atoms with E-state index >= 15 is 0 Å². The third-order valence-corrected chi connectivity index (χ3v) is 5.97. The van der Waals surface area contributed by atoms with Crippen molar-refractivity contribution in [1.29, 1.82) is 0 Å². The van der Waals surface area contributed by atoms with Crippen LogP contribution in [0.1, 0.15) is 30.2 Å². The molecule has 7 heteroatoms. The first-order chi connectivity index (χ1) is 15.2. The zero-order valence-electron chi connectivity index (χ0n) is 17.9. The molecule has 0 atom stereocenters. The highest BCUT2D eigenvalue weighted by molar-refractivity contribution is 5.78. The molecule has 4 aromatic rings. The lowest BCUT2D eigenvalue weighted by Crippen LogP contribution is -2.40. The van der Waals surface area contributed by atoms with Gasteiger partial charge in [-0.25, -0.2) is 9.97 Å². The Morgan fingerprint density at radius 2 is 1.90 bits per heavy atom. The van der Waals surface area contributed by atoms with Crippen LogP contribution < -0.4 is 5.32 Å². The molecule has 1 aliphatic heterocycles. The molecular weight excluding hydrogens is 388 g/mol. The van der Waals surface area contributed by atoms with Crippen LogP contribution in [-0.2, 0) is 13.0 Å². The lowest BCUT2D eigenvalue weighted by atomic mass is 10.0. The molecule has 1 fully saturated rings. The minimum atomic E-state index is 0.415. The Hall–Kier alpha value is -3.19. The maximum absolute atomic E-state index is 5.73. The summed E-state index contributed by atoms with van der Waals surface area (Å²) in [5.74, 6) is 2.43. The highest BCUT2D eigenvalue weighted by Gasteiger charge is 2.21. The highest BCUT2D eigenvalue weighted by Crippen LogP contribution is 2.24. The zero-order chi connectivity index (χ0) is 21.0. The number of imidazole rings is 1. The number of aryl methyl sites for hydroxylation is 1. The van der Waals surface area contributed by atoms with Crippen molar-refractivity contribution >= 4 is 17.0 Å². The van der Waals surface area contributed by atoms with Gasteiger partial charge in [0.2, 0.25) is 5.95 Å². The Labute approximate surface area is 182 Å². The van der Waals surface area contributed by atoms with E-state index in [0.29, 0.717) is 18.5 Å². The first-order valence-corrected chi connectivity index (χ1v) is 11.0. The van der Waals surface area contributed by atoms with Crippen molar-refractivity contribution in [3.05, 3.63) is 72.2 Å². The Morgan fingerprint density at radius 3 is 2.68 bits per heavy atom. The number of anilines is 1. The van der Waals surface area contributed by atoms with E-state index < -0.39 is 0 Å². The minimum Gasteiger partial charge on any atom is -0.444 e. The van der Waals surface area contributed by atoms with Crippen molar-refractivity contribution in [2.45, 2.75) is 38.8 Å². The number of fused-ring (bicyclic) bond motifs is 1. The van der Waals surface area contributed by atoms with E-state index in [1.807, 2.05) is 25.3 Å². The smallest absolute Gasteiger partial charge is 0.204 e. The molecule has 4 heterocycles. The highest BCUT2D eigenvalue weighted by atomic mass is 16.4. The maximum atomic E-state index is 5.73. The van der Waals surface area contributed by atoms with Crippen LogP contribution in [0.5, 0.6) is 0 Å². The molecule has 5 rings (SSSR count). The number of aromatic nitrogens is 4. The molecule has 160 valence electrons. The first-order valence-electron chi connectivity index (χ1n) is 11.0. The molecule has 1 saturated heterocycles. The number of nitrogens with zero attached hydrogens (tertiary/aromatic N) is 5. The lowest BCUT2D eigenvalue weighted by molar-refractivity contribution is 0.220. The van der Waals surface area contributed by atoms with Gasteiger partial charge in [-0.2, -0.15) is 0 Å². The standard InChI is InChI=1S/C24H28N6O/c1-18-26-16-21(31-18)17-30-23-8-3-2-7-22(23)28-24(30)27-20-10-14-29(15-11-20)13-9-19-6-4-5-12-25-19/h2-8,12,16,20H,9-11,13-15,17H2,1H3,(H,27,28). The number of oxazole rings is 1. The van der Waals surface area contributed by atoms with E-state index in [2.05, 4.69) is 55.1 Å². The van der Waals surface area contributed by atoms with Gasteiger partial charge in [0.15, 0.2) is 5.89 Å². The molecule has 3 aromatic heterocycles. The van der Waals surface area contributed by atoms with Crippen molar-refractivity contribution < 1.29 is 4.42 Å². The van der Waals surface area contributed by atoms with Gasteiger partial charge < -0.3 is 19.2 Å². The topological polar surface area (TPSA) is 72.0 Å². The molecule has 0 unspecified atom stereocenters. The summed E-state index contributed by atoms with van der Waals surface area (Å²) in [4.78, 5) is 16.1. The fraction of sp³-hybridized carbons (Fsp3) is 0.375. The van der Waals surface area contributed by atoms with Crippen molar-refractivity contribution in [1.82, 2.24) is 24.4 Å². The summed E-state index contributed by atoms with van der Waals surface area (Å²) in [5.41, 5.74) is 3.26. The molecule has 0 saturated carbocycles. The average Bonchev–Trinajstić information content (AvgIpc) is 3.37. The van der Waals surface area contributed by atoms with Crippen LogP contribution in [0.15, 0.2) is 59.3 Å². The predicted octanol–water partition coefficient (Wildman–Crippen LogP) is 3.90. The second-order valence-corrected chi connectivity index (χ2v) is 8.19. The third kappa shape index (κ3) is 4.61. The van der Waals surface area contributed by atoms with Crippen LogP contribution in [0.3, 0.4) is 0 Å². The number of hydrogen-bond acceptors (Lipinski definition) is 6. The largest absolute Gasteiger partial charge is 0.444 e. The normalized spacial score (nSPS) is 15.5. The van der Waals surface area contributed by atoms with Crippen molar-refractivity contribution in [2.24, 2.45) is 0 Å². The van der Waals surface area contributed by atoms with Crippen molar-refractivity contribution in [3.8, 4) is 0 Å². The molecule has 0 spiro atoms. The monoisotopic (exact) mass is 416 g/mol. The van der Waals surface area contributed by atoms with Gasteiger partial charge >= 0.3 is 0 Å². The second kappa shape index (κ2) is 8.89. The summed E-state index contributed by atoms with van der Waals surface area (Å²) in [6.45, 7) is 5.73. The van der Waals surface area contributed by atoms with Gasteiger partial charge in [-0.1, -0.05) is 18.2 Å². The second-order valence-electron chi connectivity index (χ2n) is 8.19. The van der Waals surface area contributed by atoms with Crippen LogP contribution in [0.2, 0.25) is 0 Å². The number of piperidine rings is 1. The van der Waals surface area contributed by atoms with E-state index in [9.17, 15) is 0 Å². The molecular formula is C24H28N6O. The molecule has 0 radical (unpaired) electrons. The third-order valence-electron chi connectivity index (χ3n) is 5.97. The molecule has 0 aliphatic carbocycles. The van der Waals surface area contributed by atoms with Gasteiger partial charge in [0, 0.05) is 50.9 Å². The van der Waals surface area contributed by atoms with Crippen molar-refractivity contribution in [2.75, 3.05) is 25.0 Å². The van der Waals surface area contributed by atoms with Crippen LogP contribution >= 0.6 is 0 Å². The fourth-order valence-electron chi connectivity index (χ4n) is 4.28. The minimum absolute atomic E-state index is 0.415. The zero-order valence-corrected chi connectivity index (χ0v) is 17.9.